The Hall–Kier alpha value is -1.78. The quantitative estimate of drug-likeness (QED) is 0.641. The van der Waals surface area contributed by atoms with E-state index in [-0.39, 0.29) is 0 Å². The SMILES string of the molecule is C=C(C)CNC(=S)NCc1ccc(-c2ccc(Cl)cc2)o1. The van der Waals surface area contributed by atoms with Gasteiger partial charge in [-0.05, 0) is 55.5 Å². The molecule has 5 heteroatoms. The summed E-state index contributed by atoms with van der Waals surface area (Å²) < 4.78 is 5.78. The highest BCUT2D eigenvalue weighted by Crippen LogP contribution is 2.23. The van der Waals surface area contributed by atoms with Crippen LogP contribution >= 0.6 is 23.8 Å². The van der Waals surface area contributed by atoms with Crippen molar-refractivity contribution in [3.05, 3.63) is 59.3 Å². The van der Waals surface area contributed by atoms with E-state index < -0.39 is 0 Å². The largest absolute Gasteiger partial charge is 0.459 e. The minimum atomic E-state index is 0.537. The molecule has 21 heavy (non-hydrogen) atoms. The molecule has 0 spiro atoms. The molecule has 2 rings (SSSR count). The van der Waals surface area contributed by atoms with Gasteiger partial charge in [-0.1, -0.05) is 23.8 Å². The Bertz CT molecular complexity index is 634. The van der Waals surface area contributed by atoms with Crippen LogP contribution in [-0.2, 0) is 6.54 Å². The molecular weight excluding hydrogens is 304 g/mol. The van der Waals surface area contributed by atoms with Gasteiger partial charge in [-0.2, -0.15) is 0 Å². The van der Waals surface area contributed by atoms with E-state index in [0.717, 1.165) is 22.7 Å². The summed E-state index contributed by atoms with van der Waals surface area (Å²) in [5.74, 6) is 1.63. The molecule has 0 radical (unpaired) electrons. The molecular formula is C16H17ClN2OS. The van der Waals surface area contributed by atoms with Crippen LogP contribution in [0.5, 0.6) is 0 Å². The number of benzene rings is 1. The van der Waals surface area contributed by atoms with Crippen LogP contribution < -0.4 is 10.6 Å². The predicted molar refractivity (Wildman–Crippen MR) is 91.4 cm³/mol. The molecule has 0 atom stereocenters. The summed E-state index contributed by atoms with van der Waals surface area (Å²) in [5.41, 5.74) is 2.02. The third-order valence-electron chi connectivity index (χ3n) is 2.76. The van der Waals surface area contributed by atoms with Gasteiger partial charge in [-0.25, -0.2) is 0 Å². The van der Waals surface area contributed by atoms with Gasteiger partial charge in [-0.15, -0.1) is 0 Å². The number of hydrogen-bond donors (Lipinski definition) is 2. The van der Waals surface area contributed by atoms with Crippen molar-refractivity contribution in [1.29, 1.82) is 0 Å². The second-order valence-electron chi connectivity index (χ2n) is 4.77. The highest BCUT2D eigenvalue weighted by atomic mass is 35.5. The fraction of sp³-hybridized carbons (Fsp3) is 0.188. The molecule has 2 aromatic rings. The van der Waals surface area contributed by atoms with Gasteiger partial charge in [0.05, 0.1) is 6.54 Å². The zero-order chi connectivity index (χ0) is 15.2. The smallest absolute Gasteiger partial charge is 0.166 e. The topological polar surface area (TPSA) is 37.2 Å². The van der Waals surface area contributed by atoms with Gasteiger partial charge < -0.3 is 15.1 Å². The van der Waals surface area contributed by atoms with Crippen molar-refractivity contribution >= 4 is 28.9 Å². The van der Waals surface area contributed by atoms with E-state index >= 15 is 0 Å². The van der Waals surface area contributed by atoms with E-state index in [2.05, 4.69) is 17.2 Å². The zero-order valence-corrected chi connectivity index (χ0v) is 13.4. The standard InChI is InChI=1S/C16H17ClN2OS/c1-11(2)9-18-16(21)19-10-14-7-8-15(20-14)12-3-5-13(17)6-4-12/h3-8H,1,9-10H2,2H3,(H2,18,19,21). The number of halogens is 1. The Morgan fingerprint density at radius 2 is 1.90 bits per heavy atom. The van der Waals surface area contributed by atoms with Crippen molar-refractivity contribution in [2.75, 3.05) is 6.54 Å². The summed E-state index contributed by atoms with van der Waals surface area (Å²) in [4.78, 5) is 0. The average molecular weight is 321 g/mol. The van der Waals surface area contributed by atoms with E-state index in [1.165, 1.54) is 0 Å². The van der Waals surface area contributed by atoms with Gasteiger partial charge in [0.1, 0.15) is 11.5 Å². The van der Waals surface area contributed by atoms with Crippen molar-refractivity contribution in [1.82, 2.24) is 10.6 Å². The molecule has 0 saturated heterocycles. The first-order valence-corrected chi connectivity index (χ1v) is 7.34. The maximum Gasteiger partial charge on any atom is 0.166 e. The first kappa shape index (κ1) is 15.6. The van der Waals surface area contributed by atoms with Crippen molar-refractivity contribution in [2.24, 2.45) is 0 Å². The predicted octanol–water partition coefficient (Wildman–Crippen LogP) is 4.14. The third kappa shape index (κ3) is 4.92. The van der Waals surface area contributed by atoms with E-state index in [9.17, 15) is 0 Å². The molecule has 1 aromatic heterocycles. The third-order valence-corrected chi connectivity index (χ3v) is 3.30. The Balaban J connectivity index is 1.90. The molecule has 0 aliphatic rings. The fourth-order valence-electron chi connectivity index (χ4n) is 1.70. The second kappa shape index (κ2) is 7.29. The van der Waals surface area contributed by atoms with Gasteiger partial charge in [0.15, 0.2) is 5.11 Å². The first-order chi connectivity index (χ1) is 10.0. The maximum absolute atomic E-state index is 5.87. The molecule has 0 amide bonds. The van der Waals surface area contributed by atoms with Crippen LogP contribution in [0, 0.1) is 0 Å². The number of nitrogens with one attached hydrogen (secondary N) is 2. The fourth-order valence-corrected chi connectivity index (χ4v) is 1.97. The van der Waals surface area contributed by atoms with Gasteiger partial charge in [0.25, 0.3) is 0 Å². The molecule has 0 unspecified atom stereocenters. The Morgan fingerprint density at radius 3 is 2.57 bits per heavy atom. The van der Waals surface area contributed by atoms with Crippen molar-refractivity contribution < 1.29 is 4.42 Å². The molecule has 0 fully saturated rings. The Kier molecular flexibility index (Phi) is 5.42. The van der Waals surface area contributed by atoms with Crippen LogP contribution in [-0.4, -0.2) is 11.7 Å². The first-order valence-electron chi connectivity index (χ1n) is 6.55. The molecule has 0 bridgehead atoms. The lowest BCUT2D eigenvalue weighted by Gasteiger charge is -2.08. The summed E-state index contributed by atoms with van der Waals surface area (Å²) >= 11 is 11.0. The van der Waals surface area contributed by atoms with Gasteiger partial charge in [0, 0.05) is 17.1 Å². The number of rotatable bonds is 5. The molecule has 3 nitrogen and oxygen atoms in total. The lowest BCUT2D eigenvalue weighted by atomic mass is 10.2. The highest BCUT2D eigenvalue weighted by molar-refractivity contribution is 7.80. The van der Waals surface area contributed by atoms with Gasteiger partial charge >= 0.3 is 0 Å². The van der Waals surface area contributed by atoms with Gasteiger partial charge in [0.2, 0.25) is 0 Å². The molecule has 1 heterocycles. The van der Waals surface area contributed by atoms with E-state index in [1.54, 1.807) is 0 Å². The van der Waals surface area contributed by atoms with Gasteiger partial charge in [-0.3, -0.25) is 0 Å². The van der Waals surface area contributed by atoms with E-state index in [0.29, 0.717) is 23.2 Å². The monoisotopic (exact) mass is 320 g/mol. The molecule has 2 N–H and O–H groups in total. The van der Waals surface area contributed by atoms with E-state index in [4.69, 9.17) is 28.2 Å². The summed E-state index contributed by atoms with van der Waals surface area (Å²) in [6, 6.07) is 11.4. The minimum Gasteiger partial charge on any atom is -0.459 e. The number of furan rings is 1. The maximum atomic E-state index is 5.87. The summed E-state index contributed by atoms with van der Waals surface area (Å²) in [5, 5.41) is 7.45. The number of hydrogen-bond acceptors (Lipinski definition) is 2. The van der Waals surface area contributed by atoms with Crippen molar-refractivity contribution in [2.45, 2.75) is 13.5 Å². The van der Waals surface area contributed by atoms with Crippen LogP contribution in [0.3, 0.4) is 0 Å². The average Bonchev–Trinajstić information content (AvgIpc) is 2.92. The van der Waals surface area contributed by atoms with Crippen molar-refractivity contribution in [3.8, 4) is 11.3 Å². The molecule has 0 aliphatic heterocycles. The molecule has 1 aromatic carbocycles. The normalized spacial score (nSPS) is 10.2. The van der Waals surface area contributed by atoms with Crippen LogP contribution in [0.4, 0.5) is 0 Å². The van der Waals surface area contributed by atoms with Crippen LogP contribution in [0.15, 0.2) is 53.0 Å². The summed E-state index contributed by atoms with van der Waals surface area (Å²) in [6.45, 7) is 6.96. The summed E-state index contributed by atoms with van der Waals surface area (Å²) in [7, 11) is 0. The lowest BCUT2D eigenvalue weighted by molar-refractivity contribution is 0.515. The van der Waals surface area contributed by atoms with E-state index in [1.807, 2.05) is 43.3 Å². The van der Waals surface area contributed by atoms with Crippen LogP contribution in [0.1, 0.15) is 12.7 Å². The molecule has 0 saturated carbocycles. The van der Waals surface area contributed by atoms with Crippen LogP contribution in [0.25, 0.3) is 11.3 Å². The highest BCUT2D eigenvalue weighted by Gasteiger charge is 2.05. The minimum absolute atomic E-state index is 0.537. The molecule has 0 aliphatic carbocycles. The Labute approximate surface area is 135 Å². The van der Waals surface area contributed by atoms with Crippen molar-refractivity contribution in [3.63, 3.8) is 0 Å². The van der Waals surface area contributed by atoms with Crippen LogP contribution in [0.2, 0.25) is 5.02 Å². The molecule has 110 valence electrons. The Morgan fingerprint density at radius 1 is 1.19 bits per heavy atom. The number of thiocarbonyl (C=S) groups is 1. The second-order valence-corrected chi connectivity index (χ2v) is 5.61. The summed E-state index contributed by atoms with van der Waals surface area (Å²) in [6.07, 6.45) is 0. The lowest BCUT2D eigenvalue weighted by Crippen LogP contribution is -2.35. The zero-order valence-electron chi connectivity index (χ0n) is 11.8.